The Morgan fingerprint density at radius 3 is 2.42 bits per heavy atom. The lowest BCUT2D eigenvalue weighted by atomic mass is 9.95. The van der Waals surface area contributed by atoms with Gasteiger partial charge in [-0.05, 0) is 49.2 Å². The number of halogens is 3. The van der Waals surface area contributed by atoms with Crippen LogP contribution in [-0.4, -0.2) is 31.5 Å². The van der Waals surface area contributed by atoms with Gasteiger partial charge in [0.15, 0.2) is 11.6 Å². The summed E-state index contributed by atoms with van der Waals surface area (Å²) in [6, 6.07) is 10.3. The van der Waals surface area contributed by atoms with Crippen LogP contribution in [0.1, 0.15) is 42.6 Å². The average Bonchev–Trinajstić information content (AvgIpc) is 2.85. The normalized spacial score (nSPS) is 12.2. The summed E-state index contributed by atoms with van der Waals surface area (Å²) < 4.78 is 57.3. The Balaban J connectivity index is 2.02. The first-order valence-corrected chi connectivity index (χ1v) is 13.1. The summed E-state index contributed by atoms with van der Waals surface area (Å²) in [5.74, 6) is -3.23. The van der Waals surface area contributed by atoms with E-state index in [1.807, 2.05) is 6.92 Å². The second kappa shape index (κ2) is 11.2. The van der Waals surface area contributed by atoms with Crippen LogP contribution >= 0.6 is 11.6 Å². The Morgan fingerprint density at radius 2 is 1.81 bits per heavy atom. The Kier molecular flexibility index (Phi) is 8.47. The van der Waals surface area contributed by atoms with Crippen molar-refractivity contribution >= 4 is 44.5 Å². The molecule has 2 aromatic carbocycles. The minimum absolute atomic E-state index is 0.222. The van der Waals surface area contributed by atoms with Crippen molar-refractivity contribution in [2.75, 3.05) is 17.1 Å². The molecule has 36 heavy (non-hydrogen) atoms. The van der Waals surface area contributed by atoms with E-state index in [4.69, 9.17) is 11.6 Å². The van der Waals surface area contributed by atoms with Crippen molar-refractivity contribution < 1.29 is 22.0 Å². The Bertz CT molecular complexity index is 1410. The van der Waals surface area contributed by atoms with Gasteiger partial charge in [-0.15, -0.1) is 0 Å². The quantitative estimate of drug-likeness (QED) is 0.228. The molecule has 0 spiro atoms. The lowest BCUT2D eigenvalue weighted by Crippen LogP contribution is -2.26. The maximum Gasteiger partial charge on any atom is 0.235 e. The predicted molar refractivity (Wildman–Crippen MR) is 141 cm³/mol. The number of aromatic nitrogens is 1. The number of hydrogen-bond donors (Lipinski definition) is 2. The van der Waals surface area contributed by atoms with Crippen LogP contribution in [0.3, 0.4) is 0 Å². The molecular formula is C26H26ClF2N3O3S. The third-order valence-corrected chi connectivity index (χ3v) is 7.75. The zero-order valence-corrected chi connectivity index (χ0v) is 21.6. The minimum atomic E-state index is -3.95. The highest BCUT2D eigenvalue weighted by molar-refractivity contribution is 7.93. The van der Waals surface area contributed by atoms with Gasteiger partial charge in [0, 0.05) is 35.0 Å². The number of nitrogens with zero attached hydrogens (tertiary/aromatic N) is 1. The number of benzene rings is 2. The molecule has 3 aromatic rings. The molecule has 1 unspecified atom stereocenters. The van der Waals surface area contributed by atoms with Gasteiger partial charge >= 0.3 is 0 Å². The molecule has 0 fully saturated rings. The highest BCUT2D eigenvalue weighted by atomic mass is 35.5. The fourth-order valence-electron chi connectivity index (χ4n) is 3.62. The average molecular weight is 534 g/mol. The zero-order chi connectivity index (χ0) is 26.6. The van der Waals surface area contributed by atoms with Gasteiger partial charge in [-0.1, -0.05) is 43.7 Å². The molecule has 0 saturated heterocycles. The largest absolute Gasteiger partial charge is 0.373 e. The van der Waals surface area contributed by atoms with Gasteiger partial charge in [-0.2, -0.15) is 0 Å². The Labute approximate surface area is 214 Å². The van der Waals surface area contributed by atoms with Crippen molar-refractivity contribution in [1.82, 2.24) is 4.98 Å². The van der Waals surface area contributed by atoms with Crippen molar-refractivity contribution in [1.29, 1.82) is 0 Å². The molecule has 0 bridgehead atoms. The summed E-state index contributed by atoms with van der Waals surface area (Å²) in [5, 5.41) is 2.58. The fraction of sp³-hybridized carbons (Fsp3) is 0.231. The number of pyridine rings is 1. The van der Waals surface area contributed by atoms with Crippen LogP contribution in [0.25, 0.3) is 16.7 Å². The lowest BCUT2D eigenvalue weighted by molar-refractivity contribution is 0.104. The van der Waals surface area contributed by atoms with Crippen molar-refractivity contribution in [3.05, 3.63) is 83.0 Å². The summed E-state index contributed by atoms with van der Waals surface area (Å²) in [6.07, 6.45) is 2.53. The van der Waals surface area contributed by atoms with Gasteiger partial charge in [0.2, 0.25) is 10.0 Å². The second-order valence-electron chi connectivity index (χ2n) is 8.22. The van der Waals surface area contributed by atoms with Gasteiger partial charge in [0.05, 0.1) is 16.5 Å². The molecule has 0 radical (unpaired) electrons. The van der Waals surface area contributed by atoms with E-state index >= 15 is 4.39 Å². The number of ketones is 1. The number of allylic oxidation sites excluding steroid dienone is 1. The van der Waals surface area contributed by atoms with Crippen LogP contribution < -0.4 is 10.0 Å². The first-order valence-electron chi connectivity index (χ1n) is 11.2. The number of carbonyl (C=O) groups is 1. The first kappa shape index (κ1) is 27.3. The summed E-state index contributed by atoms with van der Waals surface area (Å²) in [4.78, 5) is 17.6. The van der Waals surface area contributed by atoms with Crippen LogP contribution in [0.15, 0.2) is 55.2 Å². The summed E-state index contributed by atoms with van der Waals surface area (Å²) in [5.41, 5.74) is -0.0381. The minimum Gasteiger partial charge on any atom is -0.373 e. The highest BCUT2D eigenvalue weighted by Crippen LogP contribution is 2.32. The number of sulfonamides is 1. The van der Waals surface area contributed by atoms with E-state index in [0.29, 0.717) is 23.4 Å². The molecule has 190 valence electrons. The third kappa shape index (κ3) is 5.74. The number of rotatable bonds is 10. The summed E-state index contributed by atoms with van der Waals surface area (Å²) in [7, 11) is -2.37. The molecule has 0 amide bonds. The van der Waals surface area contributed by atoms with Gasteiger partial charge in [-0.25, -0.2) is 22.2 Å². The van der Waals surface area contributed by atoms with Gasteiger partial charge in [0.25, 0.3) is 0 Å². The monoisotopic (exact) mass is 533 g/mol. The van der Waals surface area contributed by atoms with Crippen LogP contribution in [0.4, 0.5) is 20.3 Å². The predicted octanol–water partition coefficient (Wildman–Crippen LogP) is 6.55. The molecule has 1 heterocycles. The lowest BCUT2D eigenvalue weighted by Gasteiger charge is -2.17. The van der Waals surface area contributed by atoms with Crippen molar-refractivity contribution in [2.24, 2.45) is 0 Å². The SMILES string of the molecule is C=C(C(=O)c1c(F)ccc(NS(=O)(=O)C(C)CCC)c1F)c1cc(-c2ccc(Cl)cc2)cnc1NC. The van der Waals surface area contributed by atoms with E-state index in [0.717, 1.165) is 17.7 Å². The number of nitrogens with one attached hydrogen (secondary N) is 2. The number of anilines is 2. The fourth-order valence-corrected chi connectivity index (χ4v) is 4.96. The maximum atomic E-state index is 15.3. The molecule has 0 aliphatic rings. The van der Waals surface area contributed by atoms with E-state index in [1.165, 1.54) is 6.92 Å². The number of hydrogen-bond acceptors (Lipinski definition) is 5. The van der Waals surface area contributed by atoms with Crippen LogP contribution in [0, 0.1) is 11.6 Å². The van der Waals surface area contributed by atoms with Crippen LogP contribution in [-0.2, 0) is 10.0 Å². The molecule has 0 saturated carbocycles. The number of carbonyl (C=O) groups excluding carboxylic acids is 1. The molecule has 1 aromatic heterocycles. The smallest absolute Gasteiger partial charge is 0.235 e. The van der Waals surface area contributed by atoms with E-state index < -0.39 is 43.9 Å². The summed E-state index contributed by atoms with van der Waals surface area (Å²) in [6.45, 7) is 7.08. The molecule has 0 aliphatic carbocycles. The van der Waals surface area contributed by atoms with Crippen LogP contribution in [0.5, 0.6) is 0 Å². The molecular weight excluding hydrogens is 508 g/mol. The topological polar surface area (TPSA) is 88.2 Å². The molecule has 6 nitrogen and oxygen atoms in total. The van der Waals surface area contributed by atoms with E-state index in [-0.39, 0.29) is 17.0 Å². The van der Waals surface area contributed by atoms with Crippen molar-refractivity contribution in [3.63, 3.8) is 0 Å². The Morgan fingerprint density at radius 1 is 1.14 bits per heavy atom. The van der Waals surface area contributed by atoms with Gasteiger partial charge < -0.3 is 5.32 Å². The zero-order valence-electron chi connectivity index (χ0n) is 20.0. The van der Waals surface area contributed by atoms with E-state index in [1.54, 1.807) is 43.6 Å². The highest BCUT2D eigenvalue weighted by Gasteiger charge is 2.28. The van der Waals surface area contributed by atoms with Gasteiger partial charge in [0.1, 0.15) is 11.6 Å². The second-order valence-corrected chi connectivity index (χ2v) is 10.8. The van der Waals surface area contributed by atoms with E-state index in [2.05, 4.69) is 21.6 Å². The van der Waals surface area contributed by atoms with Crippen LogP contribution in [0.2, 0.25) is 5.02 Å². The third-order valence-electron chi connectivity index (χ3n) is 5.70. The van der Waals surface area contributed by atoms with Gasteiger partial charge in [-0.3, -0.25) is 9.52 Å². The first-order chi connectivity index (χ1) is 17.0. The molecule has 10 heteroatoms. The Hall–Kier alpha value is -3.30. The molecule has 1 atom stereocenters. The molecule has 0 aliphatic heterocycles. The standard InChI is InChI=1S/C26H26ClF2N3O3S/c1-5-6-15(2)36(34,35)32-22-12-11-21(28)23(24(22)29)25(33)16(3)20-13-18(14-31-26(20)30-4)17-7-9-19(27)10-8-17/h7-15,32H,3,5-6H2,1-2,4H3,(H,30,31). The van der Waals surface area contributed by atoms with E-state index in [9.17, 15) is 17.6 Å². The molecule has 2 N–H and O–H groups in total. The summed E-state index contributed by atoms with van der Waals surface area (Å²) >= 11 is 5.96. The number of Topliss-reactive ketones (excluding diaryl/α,β-unsaturated/α-hetero) is 1. The van der Waals surface area contributed by atoms with Crippen molar-refractivity contribution in [2.45, 2.75) is 31.9 Å². The maximum absolute atomic E-state index is 15.3. The van der Waals surface area contributed by atoms with Crippen molar-refractivity contribution in [3.8, 4) is 11.1 Å². The molecule has 3 rings (SSSR count).